The highest BCUT2D eigenvalue weighted by atomic mass is 16.1. The minimum Gasteiger partial charge on any atom is -0.341 e. The summed E-state index contributed by atoms with van der Waals surface area (Å²) in [5, 5.41) is 4.64. The van der Waals surface area contributed by atoms with Crippen molar-refractivity contribution in [1.29, 1.82) is 0 Å². The molecule has 0 amide bonds. The number of benzene rings is 1. The third-order valence-electron chi connectivity index (χ3n) is 5.55. The smallest absolute Gasteiger partial charge is 0.267 e. The number of fused-ring (bicyclic) bond motifs is 2. The predicted molar refractivity (Wildman–Crippen MR) is 100.0 cm³/mol. The summed E-state index contributed by atoms with van der Waals surface area (Å²) >= 11 is 0. The number of aryl methyl sites for hydroxylation is 2. The normalized spacial score (nSPS) is 18.0. The average Bonchev–Trinajstić information content (AvgIpc) is 3.02. The number of aromatic amines is 1. The van der Waals surface area contributed by atoms with Crippen molar-refractivity contribution >= 4 is 11.0 Å². The Bertz CT molecular complexity index is 966. The van der Waals surface area contributed by atoms with Crippen LogP contribution in [-0.4, -0.2) is 37.7 Å². The number of nitrogens with zero attached hydrogens (tertiary/aromatic N) is 4. The minimum absolute atomic E-state index is 0.0568. The molecule has 2 aromatic heterocycles. The van der Waals surface area contributed by atoms with E-state index in [-0.39, 0.29) is 5.56 Å². The molecule has 1 N–H and O–H groups in total. The van der Waals surface area contributed by atoms with E-state index in [1.165, 1.54) is 12.8 Å². The highest BCUT2D eigenvalue weighted by molar-refractivity contribution is 5.74. The van der Waals surface area contributed by atoms with Crippen LogP contribution in [0, 0.1) is 5.92 Å². The van der Waals surface area contributed by atoms with Crippen molar-refractivity contribution in [2.24, 2.45) is 5.92 Å². The van der Waals surface area contributed by atoms with Gasteiger partial charge in [0.15, 0.2) is 0 Å². The molecule has 1 fully saturated rings. The van der Waals surface area contributed by atoms with Gasteiger partial charge in [-0.25, -0.2) is 9.67 Å². The van der Waals surface area contributed by atoms with Gasteiger partial charge in [0, 0.05) is 25.1 Å². The van der Waals surface area contributed by atoms with Crippen LogP contribution in [0.15, 0.2) is 35.1 Å². The van der Waals surface area contributed by atoms with Crippen molar-refractivity contribution in [2.75, 3.05) is 13.1 Å². The predicted octanol–water partition coefficient (Wildman–Crippen LogP) is 2.13. The van der Waals surface area contributed by atoms with E-state index in [4.69, 9.17) is 0 Å². The number of para-hydroxylation sites is 2. The van der Waals surface area contributed by atoms with Crippen LogP contribution in [0.1, 0.15) is 29.9 Å². The maximum atomic E-state index is 12.3. The summed E-state index contributed by atoms with van der Waals surface area (Å²) in [6.45, 7) is 3.53. The van der Waals surface area contributed by atoms with Crippen molar-refractivity contribution < 1.29 is 0 Å². The zero-order valence-corrected chi connectivity index (χ0v) is 14.8. The third-order valence-corrected chi connectivity index (χ3v) is 5.55. The van der Waals surface area contributed by atoms with Gasteiger partial charge < -0.3 is 4.98 Å². The highest BCUT2D eigenvalue weighted by Crippen LogP contribution is 2.21. The van der Waals surface area contributed by atoms with Crippen LogP contribution in [0.5, 0.6) is 0 Å². The molecule has 3 heterocycles. The molecular formula is C20H23N5O. The zero-order valence-electron chi connectivity index (χ0n) is 14.8. The molecule has 1 aromatic carbocycles. The molecule has 0 unspecified atom stereocenters. The second-order valence-corrected chi connectivity index (χ2v) is 7.60. The van der Waals surface area contributed by atoms with Gasteiger partial charge in [-0.2, -0.15) is 5.10 Å². The molecule has 0 saturated carbocycles. The quantitative estimate of drug-likeness (QED) is 0.784. The van der Waals surface area contributed by atoms with Crippen molar-refractivity contribution in [3.05, 3.63) is 57.8 Å². The van der Waals surface area contributed by atoms with Crippen molar-refractivity contribution in [3.8, 4) is 0 Å². The van der Waals surface area contributed by atoms with Gasteiger partial charge in [0.25, 0.3) is 5.56 Å². The van der Waals surface area contributed by atoms with E-state index in [0.29, 0.717) is 5.92 Å². The van der Waals surface area contributed by atoms with Gasteiger partial charge in [-0.05, 0) is 43.4 Å². The first-order chi connectivity index (χ1) is 12.7. The SMILES string of the molecule is O=c1cc2c(nn1CC1CN(Cc3nc4ccccc4[nH]3)C1)CCCC2. The van der Waals surface area contributed by atoms with E-state index in [2.05, 4.69) is 26.0 Å². The molecule has 0 radical (unpaired) electrons. The number of hydrogen-bond acceptors (Lipinski definition) is 4. The fraction of sp³-hybridized carbons (Fsp3) is 0.450. The van der Waals surface area contributed by atoms with E-state index >= 15 is 0 Å². The molecule has 0 spiro atoms. The lowest BCUT2D eigenvalue weighted by atomic mass is 9.96. The summed E-state index contributed by atoms with van der Waals surface area (Å²) in [6, 6.07) is 9.93. The summed E-state index contributed by atoms with van der Waals surface area (Å²) < 4.78 is 1.69. The lowest BCUT2D eigenvalue weighted by Gasteiger charge is -2.38. The molecule has 6 nitrogen and oxygen atoms in total. The van der Waals surface area contributed by atoms with Crippen LogP contribution in [-0.2, 0) is 25.9 Å². The first kappa shape index (κ1) is 15.8. The maximum absolute atomic E-state index is 12.3. The van der Waals surface area contributed by atoms with Crippen LogP contribution >= 0.6 is 0 Å². The minimum atomic E-state index is 0.0568. The number of likely N-dealkylation sites (tertiary alicyclic amines) is 1. The Morgan fingerprint density at radius 1 is 1.15 bits per heavy atom. The van der Waals surface area contributed by atoms with Gasteiger partial charge in [-0.15, -0.1) is 0 Å². The third kappa shape index (κ3) is 2.94. The van der Waals surface area contributed by atoms with Gasteiger partial charge in [-0.1, -0.05) is 12.1 Å². The molecule has 2 aliphatic rings. The van der Waals surface area contributed by atoms with Crippen molar-refractivity contribution in [2.45, 2.75) is 38.8 Å². The molecule has 134 valence electrons. The fourth-order valence-corrected chi connectivity index (χ4v) is 4.19. The number of imidazole rings is 1. The summed E-state index contributed by atoms with van der Waals surface area (Å²) in [5.74, 6) is 1.50. The molecule has 1 aliphatic carbocycles. The molecule has 1 saturated heterocycles. The largest absolute Gasteiger partial charge is 0.341 e. The second-order valence-electron chi connectivity index (χ2n) is 7.60. The van der Waals surface area contributed by atoms with Gasteiger partial charge >= 0.3 is 0 Å². The maximum Gasteiger partial charge on any atom is 0.267 e. The highest BCUT2D eigenvalue weighted by Gasteiger charge is 2.28. The zero-order chi connectivity index (χ0) is 17.5. The number of H-pyrrole nitrogens is 1. The Morgan fingerprint density at radius 2 is 2.00 bits per heavy atom. The Hall–Kier alpha value is -2.47. The topological polar surface area (TPSA) is 66.8 Å². The van der Waals surface area contributed by atoms with Crippen molar-refractivity contribution in [3.63, 3.8) is 0 Å². The van der Waals surface area contributed by atoms with E-state index in [0.717, 1.165) is 67.1 Å². The first-order valence-corrected chi connectivity index (χ1v) is 9.50. The lowest BCUT2D eigenvalue weighted by molar-refractivity contribution is 0.0742. The lowest BCUT2D eigenvalue weighted by Crippen LogP contribution is -2.49. The first-order valence-electron chi connectivity index (χ1n) is 9.50. The van der Waals surface area contributed by atoms with E-state index in [1.54, 1.807) is 4.68 Å². The van der Waals surface area contributed by atoms with Crippen molar-refractivity contribution in [1.82, 2.24) is 24.6 Å². The van der Waals surface area contributed by atoms with Crippen LogP contribution < -0.4 is 5.56 Å². The second kappa shape index (κ2) is 6.36. The Kier molecular flexibility index (Phi) is 3.85. The van der Waals surface area contributed by atoms with Crippen LogP contribution in [0.3, 0.4) is 0 Å². The summed E-state index contributed by atoms with van der Waals surface area (Å²) in [7, 11) is 0. The Balaban J connectivity index is 1.21. The average molecular weight is 349 g/mol. The number of aromatic nitrogens is 4. The molecule has 0 atom stereocenters. The number of nitrogens with one attached hydrogen (secondary N) is 1. The van der Waals surface area contributed by atoms with Gasteiger partial charge in [0.2, 0.25) is 0 Å². The molecule has 3 aromatic rings. The van der Waals surface area contributed by atoms with Gasteiger partial charge in [-0.3, -0.25) is 9.69 Å². The molecule has 5 rings (SSSR count). The standard InChI is InChI=1S/C20H23N5O/c26-20-9-15-5-1-2-6-16(15)23-25(20)12-14-10-24(11-14)13-19-21-17-7-3-4-8-18(17)22-19/h3-4,7-9,14H,1-2,5-6,10-13H2,(H,21,22). The van der Waals surface area contributed by atoms with Crippen LogP contribution in [0.2, 0.25) is 0 Å². The van der Waals surface area contributed by atoms with Crippen LogP contribution in [0.25, 0.3) is 11.0 Å². The number of hydrogen-bond donors (Lipinski definition) is 1. The molecule has 0 bridgehead atoms. The van der Waals surface area contributed by atoms with E-state index in [9.17, 15) is 4.79 Å². The van der Waals surface area contributed by atoms with Gasteiger partial charge in [0.1, 0.15) is 5.82 Å². The summed E-state index contributed by atoms with van der Waals surface area (Å²) in [6.07, 6.45) is 4.38. The molecule has 1 aliphatic heterocycles. The molecule has 6 heteroatoms. The van der Waals surface area contributed by atoms with Crippen LogP contribution in [0.4, 0.5) is 0 Å². The van der Waals surface area contributed by atoms with E-state index < -0.39 is 0 Å². The summed E-state index contributed by atoms with van der Waals surface area (Å²) in [4.78, 5) is 22.7. The fourth-order valence-electron chi connectivity index (χ4n) is 4.19. The van der Waals surface area contributed by atoms with Gasteiger partial charge in [0.05, 0.1) is 29.8 Å². The Morgan fingerprint density at radius 3 is 2.88 bits per heavy atom. The molecular weight excluding hydrogens is 326 g/mol. The number of rotatable bonds is 4. The van der Waals surface area contributed by atoms with E-state index in [1.807, 2.05) is 24.3 Å². The molecule has 26 heavy (non-hydrogen) atoms. The summed E-state index contributed by atoms with van der Waals surface area (Å²) in [5.41, 5.74) is 4.46. The Labute approximate surface area is 151 Å². The monoisotopic (exact) mass is 349 g/mol.